The number of aliphatic hydroxyl groups excluding tert-OH is 2. The second kappa shape index (κ2) is 39.9. The van der Waals surface area contributed by atoms with Gasteiger partial charge < -0.3 is 49.5 Å². The molecule has 0 aliphatic carbocycles. The van der Waals surface area contributed by atoms with Gasteiger partial charge in [0.25, 0.3) is 0 Å². The van der Waals surface area contributed by atoms with Gasteiger partial charge in [0, 0.05) is 37.3 Å². The number of benzene rings is 7. The first kappa shape index (κ1) is 84.5. The van der Waals surface area contributed by atoms with E-state index in [-0.39, 0.29) is 37.4 Å². The number of carbonyl (C=O) groups is 4. The summed E-state index contributed by atoms with van der Waals surface area (Å²) in [6.45, 7) is 9.29. The van der Waals surface area contributed by atoms with Crippen molar-refractivity contribution >= 4 is 34.3 Å². The minimum absolute atomic E-state index is 0.00165. The van der Waals surface area contributed by atoms with E-state index in [0.29, 0.717) is 88.9 Å². The number of hydrogen-bond acceptors (Lipinski definition) is 16. The fourth-order valence-corrected chi connectivity index (χ4v) is 17.0. The van der Waals surface area contributed by atoms with E-state index in [4.69, 9.17) is 27.0 Å². The Balaban J connectivity index is 0.000000168. The molecule has 6 fully saturated rings. The summed E-state index contributed by atoms with van der Waals surface area (Å²) >= 11 is 0. The van der Waals surface area contributed by atoms with Crippen LogP contribution in [0.1, 0.15) is 142 Å². The smallest absolute Gasteiger partial charge is 0.394 e. The van der Waals surface area contributed by atoms with E-state index >= 15 is 0 Å². The van der Waals surface area contributed by atoms with E-state index in [0.717, 1.165) is 83.3 Å². The zero-order valence-corrected chi connectivity index (χ0v) is 64.1. The zero-order valence-electron chi connectivity index (χ0n) is 63.3. The van der Waals surface area contributed by atoms with Gasteiger partial charge in [-0.25, -0.2) is 0 Å². The molecule has 20 nitrogen and oxygen atoms in total. The third kappa shape index (κ3) is 21.3. The Morgan fingerprint density at radius 3 is 1.07 bits per heavy atom. The monoisotopic (exact) mass is 1510 g/mol. The number of aliphatic hydroxyl groups is 2. The predicted octanol–water partition coefficient (Wildman–Crippen LogP) is 13.2. The van der Waals surface area contributed by atoms with Crippen LogP contribution in [-0.4, -0.2) is 184 Å². The van der Waals surface area contributed by atoms with Gasteiger partial charge in [-0.2, -0.15) is 18.9 Å². The molecular weight excluding hydrogens is 1410 g/mol. The lowest BCUT2D eigenvalue weighted by molar-refractivity contribution is -0.157. The van der Waals surface area contributed by atoms with Crippen LogP contribution in [-0.2, 0) is 60.7 Å². The molecule has 21 heteroatoms. The lowest BCUT2D eigenvalue weighted by Gasteiger charge is -2.40. The van der Waals surface area contributed by atoms with Crippen molar-refractivity contribution in [2.75, 3.05) is 66.6 Å². The summed E-state index contributed by atoms with van der Waals surface area (Å²) in [6.07, 6.45) is 15.5. The number of nitriles is 2. The van der Waals surface area contributed by atoms with Crippen LogP contribution in [0.5, 0.6) is 0 Å². The van der Waals surface area contributed by atoms with E-state index < -0.39 is 55.8 Å². The summed E-state index contributed by atoms with van der Waals surface area (Å²) in [4.78, 5) is 58.5. The molecule has 6 heterocycles. The molecular formula is C89H106N6O14S. The van der Waals surface area contributed by atoms with Crippen molar-refractivity contribution in [1.29, 1.82) is 10.5 Å². The SMILES string of the molecule is C=C/C=C(\C)C(CO)C(=O)OC1C[C@H]2CC[C@@H](C1)N2C.CN1[C@@H]2CC[C@H]1CC(OC(=O)C(CO)c1ccccc1)C2.N#CC(CCN1CCC(C(=O)O)(c2ccccc2)CC1)(c1ccccc1)c1ccccc1.N#CC(CCN1CCC(C(=O)O)(c2ccccc2)CC1)(c1ccccc1)c1ccccc1.O=S(=O)(O)O. The van der Waals surface area contributed by atoms with Crippen molar-refractivity contribution in [3.8, 4) is 12.1 Å². The molecule has 8 atom stereocenters. The second-order valence-corrected chi connectivity index (χ2v) is 30.7. The van der Waals surface area contributed by atoms with Gasteiger partial charge in [-0.05, 0) is 176 Å². The summed E-state index contributed by atoms with van der Waals surface area (Å²) in [6, 6.07) is 75.9. The van der Waals surface area contributed by atoms with Gasteiger partial charge in [-0.1, -0.05) is 237 Å². The van der Waals surface area contributed by atoms with Crippen LogP contribution in [0.4, 0.5) is 0 Å². The number of allylic oxidation sites excluding steroid dienone is 2. The first-order valence-electron chi connectivity index (χ1n) is 38.1. The van der Waals surface area contributed by atoms with Gasteiger partial charge in [0.2, 0.25) is 0 Å². The van der Waals surface area contributed by atoms with Crippen molar-refractivity contribution < 1.29 is 66.6 Å². The van der Waals surface area contributed by atoms with Crippen LogP contribution in [0.15, 0.2) is 237 Å². The first-order valence-corrected chi connectivity index (χ1v) is 39.5. The predicted molar refractivity (Wildman–Crippen MR) is 423 cm³/mol. The van der Waals surface area contributed by atoms with Gasteiger partial charge in [0.05, 0.1) is 36.2 Å². The van der Waals surface area contributed by atoms with Gasteiger partial charge >= 0.3 is 34.3 Å². The van der Waals surface area contributed by atoms with Gasteiger partial charge in [-0.15, -0.1) is 0 Å². The summed E-state index contributed by atoms with van der Waals surface area (Å²) in [5.41, 5.74) is 4.23. The number of ether oxygens (including phenoxy) is 2. The van der Waals surface area contributed by atoms with Gasteiger partial charge in [0.15, 0.2) is 0 Å². The Morgan fingerprint density at radius 1 is 0.509 bits per heavy atom. The third-order valence-corrected chi connectivity index (χ3v) is 23.7. The molecule has 6 N–H and O–H groups in total. The third-order valence-electron chi connectivity index (χ3n) is 23.7. The number of esters is 2. The topological polar surface area (TPSA) is 303 Å². The highest BCUT2D eigenvalue weighted by atomic mass is 32.3. The van der Waals surface area contributed by atoms with E-state index in [1.807, 2.05) is 219 Å². The lowest BCUT2D eigenvalue weighted by atomic mass is 9.71. The molecule has 4 unspecified atom stereocenters. The van der Waals surface area contributed by atoms with E-state index in [1.54, 1.807) is 12.2 Å². The van der Waals surface area contributed by atoms with Crippen molar-refractivity contribution in [3.63, 3.8) is 0 Å². The van der Waals surface area contributed by atoms with Crippen LogP contribution in [0.25, 0.3) is 0 Å². The highest BCUT2D eigenvalue weighted by Gasteiger charge is 2.47. The quantitative estimate of drug-likeness (QED) is 0.0197. The molecule has 0 amide bonds. The standard InChI is InChI=1S/2C28H28N2O2.C17H23NO3.C16H25NO3.H2O4S/c2*29-22-28(24-12-6-2-7-13-24,25-14-8-3-9-15-25)18-21-30-19-16-27(17-20-30,26(31)32)23-10-4-1-5-11-23;1-18-13-7-8-14(18)10-15(9-13)21-17(20)16(11-19)12-5-3-2-4-6-12;1-4-5-11(2)15(10-18)16(19)20-14-8-12-6-7-13(9-14)17(12)3;1-5(2,3)4/h2*1-15H,16-21H2,(H,31,32);2-6,13-16,19H,7-11H2,1H3;4-5,12-15,18H,1,6-10H2,2-3H3;(H2,1,2,3,4)/b;;;11-5+;/t;;13-,14+,15?,16?;12-,13+,14?,15?;. The Morgan fingerprint density at radius 2 is 0.800 bits per heavy atom. The number of fused-ring (bicyclic) bond motifs is 4. The maximum Gasteiger partial charge on any atom is 0.394 e. The average Bonchev–Trinajstić information content (AvgIpc) is 1.19. The molecule has 6 saturated heterocycles. The number of likely N-dealkylation sites (tertiary alicyclic amines) is 2. The fourth-order valence-electron chi connectivity index (χ4n) is 17.0. The number of carboxylic acids is 2. The van der Waals surface area contributed by atoms with Crippen LogP contribution in [0, 0.1) is 28.6 Å². The van der Waals surface area contributed by atoms with E-state index in [9.17, 15) is 50.1 Å². The minimum atomic E-state index is -4.67. The Kier molecular flexibility index (Phi) is 30.7. The molecule has 6 aliphatic heterocycles. The number of piperidine rings is 4. The maximum absolute atomic E-state index is 12.4. The van der Waals surface area contributed by atoms with Crippen LogP contribution >= 0.6 is 0 Å². The summed E-state index contributed by atoms with van der Waals surface area (Å²) in [5.74, 6) is -3.23. The molecule has 0 saturated carbocycles. The zero-order chi connectivity index (χ0) is 78.9. The van der Waals surface area contributed by atoms with E-state index in [2.05, 4.69) is 52.4 Å². The van der Waals surface area contributed by atoms with Crippen molar-refractivity contribution in [3.05, 3.63) is 276 Å². The molecule has 7 aromatic carbocycles. The molecule has 13 rings (SSSR count). The molecule has 0 radical (unpaired) electrons. The largest absolute Gasteiger partial charge is 0.481 e. The molecule has 110 heavy (non-hydrogen) atoms. The number of carboxylic acid groups (broad SMARTS) is 2. The van der Waals surface area contributed by atoms with E-state index in [1.165, 1.54) is 25.7 Å². The summed E-state index contributed by atoms with van der Waals surface area (Å²) in [5, 5.41) is 59.8. The highest BCUT2D eigenvalue weighted by molar-refractivity contribution is 7.79. The van der Waals surface area contributed by atoms with Crippen molar-refractivity contribution in [2.24, 2.45) is 5.92 Å². The molecule has 0 spiro atoms. The summed E-state index contributed by atoms with van der Waals surface area (Å²) in [7, 11) is -0.339. The molecule has 4 bridgehead atoms. The number of hydrogen-bond donors (Lipinski definition) is 6. The lowest BCUT2D eigenvalue weighted by Crippen LogP contribution is -2.48. The normalized spacial score (nSPS) is 21.5. The molecule has 7 aromatic rings. The fraction of sp³-hybridized carbons (Fsp3) is 0.416. The van der Waals surface area contributed by atoms with Gasteiger partial charge in [0.1, 0.15) is 34.9 Å². The first-order chi connectivity index (χ1) is 53.0. The highest BCUT2D eigenvalue weighted by Crippen LogP contribution is 2.43. The molecule has 582 valence electrons. The van der Waals surface area contributed by atoms with Crippen LogP contribution in [0.3, 0.4) is 0 Å². The second-order valence-electron chi connectivity index (χ2n) is 29.8. The van der Waals surface area contributed by atoms with Crippen molar-refractivity contribution in [1.82, 2.24) is 19.6 Å². The van der Waals surface area contributed by atoms with Crippen LogP contribution < -0.4 is 0 Å². The Labute approximate surface area is 648 Å². The number of nitrogens with zero attached hydrogens (tertiary/aromatic N) is 6. The Hall–Kier alpha value is -9.49. The minimum Gasteiger partial charge on any atom is -0.481 e. The summed E-state index contributed by atoms with van der Waals surface area (Å²) < 4.78 is 42.9. The average molecular weight is 1520 g/mol. The van der Waals surface area contributed by atoms with Crippen molar-refractivity contribution in [2.45, 2.75) is 161 Å². The van der Waals surface area contributed by atoms with Crippen LogP contribution in [0.2, 0.25) is 0 Å². The molecule has 0 aromatic heterocycles. The number of carbonyl (C=O) groups excluding carboxylic acids is 2. The van der Waals surface area contributed by atoms with Gasteiger partial charge in [-0.3, -0.25) is 28.3 Å². The maximum atomic E-state index is 12.4. The number of rotatable bonds is 23. The Bertz CT molecular complexity index is 4010. The number of aliphatic carboxylic acids is 2. The molecule has 6 aliphatic rings.